The summed E-state index contributed by atoms with van der Waals surface area (Å²) in [5.74, 6) is 0. The molecule has 0 aliphatic rings. The number of nitrogens with zero attached hydrogens (tertiary/aromatic N) is 1. The van der Waals surface area contributed by atoms with Crippen molar-refractivity contribution in [2.75, 3.05) is 5.73 Å². The Labute approximate surface area is 62.5 Å². The zero-order valence-electron chi connectivity index (χ0n) is 6.13. The van der Waals surface area contributed by atoms with Crippen LogP contribution in [0.2, 0.25) is 0 Å². The molecule has 0 atom stereocenters. The zero-order valence-corrected chi connectivity index (χ0v) is 6.13. The Bertz CT molecular complexity index is 363. The molecule has 5 nitrogen and oxygen atoms in total. The second kappa shape index (κ2) is 2.61. The van der Waals surface area contributed by atoms with Crippen molar-refractivity contribution in [1.29, 1.82) is 0 Å². The van der Waals surface area contributed by atoms with Gasteiger partial charge in [-0.05, 0) is 6.92 Å². The number of hydrogen-bond donors (Lipinski definition) is 2. The van der Waals surface area contributed by atoms with Crippen LogP contribution >= 0.6 is 0 Å². The largest absolute Gasteiger partial charge is 0.393 e. The van der Waals surface area contributed by atoms with Crippen LogP contribution in [0.15, 0.2) is 15.8 Å². The van der Waals surface area contributed by atoms with E-state index in [-0.39, 0.29) is 5.69 Å². The smallest absolute Gasteiger partial charge is 0.328 e. The molecule has 0 fully saturated rings. The van der Waals surface area contributed by atoms with Crippen molar-refractivity contribution in [2.24, 2.45) is 0 Å². The summed E-state index contributed by atoms with van der Waals surface area (Å²) in [5.41, 5.74) is 4.46. The van der Waals surface area contributed by atoms with Gasteiger partial charge in [0.2, 0.25) is 0 Å². The van der Waals surface area contributed by atoms with Gasteiger partial charge in [0.25, 0.3) is 5.56 Å². The van der Waals surface area contributed by atoms with Crippen molar-refractivity contribution >= 4 is 5.69 Å². The summed E-state index contributed by atoms with van der Waals surface area (Å²) in [6.45, 7) is 2.04. The molecule has 0 unspecified atom stereocenters. The molecule has 0 saturated heterocycles. The number of H-pyrrole nitrogens is 1. The number of nitrogens with one attached hydrogen (secondary N) is 1. The standard InChI is InChI=1S/C6H9N3O2/c1-2-9-5(10)4(7)3-8-6(9)11/h3H,2,7H2,1H3,(H,8,11). The topological polar surface area (TPSA) is 80.9 Å². The molecule has 0 aromatic carbocycles. The van der Waals surface area contributed by atoms with Gasteiger partial charge in [-0.3, -0.25) is 9.36 Å². The summed E-state index contributed by atoms with van der Waals surface area (Å²) in [7, 11) is 0. The maximum Gasteiger partial charge on any atom is 0.328 e. The van der Waals surface area contributed by atoms with Gasteiger partial charge in [0.05, 0.1) is 0 Å². The van der Waals surface area contributed by atoms with Gasteiger partial charge in [0, 0.05) is 12.7 Å². The first-order chi connectivity index (χ1) is 5.16. The van der Waals surface area contributed by atoms with Gasteiger partial charge >= 0.3 is 5.69 Å². The number of aromatic amines is 1. The lowest BCUT2D eigenvalue weighted by atomic mass is 10.5. The molecule has 11 heavy (non-hydrogen) atoms. The Morgan fingerprint density at radius 3 is 2.73 bits per heavy atom. The van der Waals surface area contributed by atoms with Gasteiger partial charge in [-0.2, -0.15) is 0 Å². The fourth-order valence-corrected chi connectivity index (χ4v) is 0.814. The van der Waals surface area contributed by atoms with Crippen molar-refractivity contribution in [2.45, 2.75) is 13.5 Å². The third-order valence-corrected chi connectivity index (χ3v) is 1.40. The average Bonchev–Trinajstić information content (AvgIpc) is 1.99. The summed E-state index contributed by atoms with van der Waals surface area (Å²) in [5, 5.41) is 0. The van der Waals surface area contributed by atoms with Crippen LogP contribution < -0.4 is 17.0 Å². The second-order valence-electron chi connectivity index (χ2n) is 2.10. The van der Waals surface area contributed by atoms with E-state index in [9.17, 15) is 9.59 Å². The number of aromatic nitrogens is 2. The van der Waals surface area contributed by atoms with Crippen LogP contribution in [0.5, 0.6) is 0 Å². The molecule has 0 saturated carbocycles. The van der Waals surface area contributed by atoms with Crippen molar-refractivity contribution in [3.05, 3.63) is 27.0 Å². The van der Waals surface area contributed by atoms with Gasteiger partial charge in [-0.25, -0.2) is 4.79 Å². The summed E-state index contributed by atoms with van der Waals surface area (Å²) >= 11 is 0. The predicted octanol–water partition coefficient (Wildman–Crippen LogP) is -0.861. The van der Waals surface area contributed by atoms with E-state index in [2.05, 4.69) is 4.98 Å². The molecule has 3 N–H and O–H groups in total. The highest BCUT2D eigenvalue weighted by atomic mass is 16.2. The Morgan fingerprint density at radius 1 is 1.64 bits per heavy atom. The van der Waals surface area contributed by atoms with E-state index in [1.807, 2.05) is 0 Å². The molecule has 0 radical (unpaired) electrons. The summed E-state index contributed by atoms with van der Waals surface area (Å²) in [6, 6.07) is 0. The highest BCUT2D eigenvalue weighted by Crippen LogP contribution is 1.81. The average molecular weight is 155 g/mol. The van der Waals surface area contributed by atoms with E-state index >= 15 is 0 Å². The minimum absolute atomic E-state index is 0.0615. The maximum absolute atomic E-state index is 11.0. The lowest BCUT2D eigenvalue weighted by Gasteiger charge is -1.98. The molecule has 1 aromatic rings. The quantitative estimate of drug-likeness (QED) is 0.553. The minimum Gasteiger partial charge on any atom is -0.393 e. The van der Waals surface area contributed by atoms with Gasteiger partial charge < -0.3 is 10.7 Å². The van der Waals surface area contributed by atoms with Crippen molar-refractivity contribution in [3.8, 4) is 0 Å². The molecule has 60 valence electrons. The van der Waals surface area contributed by atoms with Crippen molar-refractivity contribution in [3.63, 3.8) is 0 Å². The fourth-order valence-electron chi connectivity index (χ4n) is 0.814. The van der Waals surface area contributed by atoms with Crippen LogP contribution in [0.1, 0.15) is 6.92 Å². The van der Waals surface area contributed by atoms with Gasteiger partial charge in [-0.1, -0.05) is 0 Å². The molecule has 1 heterocycles. The summed E-state index contributed by atoms with van der Waals surface area (Å²) < 4.78 is 1.04. The third kappa shape index (κ3) is 1.17. The molecule has 0 aliphatic carbocycles. The number of nitrogen functional groups attached to an aromatic ring is 1. The Hall–Kier alpha value is -1.52. The third-order valence-electron chi connectivity index (χ3n) is 1.40. The summed E-state index contributed by atoms with van der Waals surface area (Å²) in [6.07, 6.45) is 1.21. The molecule has 5 heteroatoms. The van der Waals surface area contributed by atoms with Crippen LogP contribution in [-0.4, -0.2) is 9.55 Å². The lowest BCUT2D eigenvalue weighted by molar-refractivity contribution is 0.675. The van der Waals surface area contributed by atoms with E-state index in [0.29, 0.717) is 6.54 Å². The van der Waals surface area contributed by atoms with E-state index in [1.54, 1.807) is 6.92 Å². The Morgan fingerprint density at radius 2 is 2.27 bits per heavy atom. The highest BCUT2D eigenvalue weighted by molar-refractivity contribution is 5.30. The van der Waals surface area contributed by atoms with Crippen LogP contribution in [-0.2, 0) is 6.54 Å². The van der Waals surface area contributed by atoms with Gasteiger partial charge in [0.1, 0.15) is 5.69 Å². The number of hydrogen-bond acceptors (Lipinski definition) is 3. The molecule has 0 bridgehead atoms. The number of anilines is 1. The van der Waals surface area contributed by atoms with E-state index in [0.717, 1.165) is 4.57 Å². The Balaban J connectivity index is 3.55. The molecule has 1 aromatic heterocycles. The van der Waals surface area contributed by atoms with Crippen LogP contribution in [0.3, 0.4) is 0 Å². The highest BCUT2D eigenvalue weighted by Gasteiger charge is 2.00. The fraction of sp³-hybridized carbons (Fsp3) is 0.333. The van der Waals surface area contributed by atoms with Gasteiger partial charge in [0.15, 0.2) is 0 Å². The first-order valence-electron chi connectivity index (χ1n) is 3.24. The number of rotatable bonds is 1. The summed E-state index contributed by atoms with van der Waals surface area (Å²) in [4.78, 5) is 24.3. The molecular formula is C6H9N3O2. The van der Waals surface area contributed by atoms with E-state index in [1.165, 1.54) is 6.20 Å². The van der Waals surface area contributed by atoms with Gasteiger partial charge in [-0.15, -0.1) is 0 Å². The lowest BCUT2D eigenvalue weighted by Crippen LogP contribution is -2.35. The second-order valence-corrected chi connectivity index (χ2v) is 2.10. The first kappa shape index (κ1) is 7.59. The zero-order chi connectivity index (χ0) is 8.43. The number of nitrogens with two attached hydrogens (primary N) is 1. The van der Waals surface area contributed by atoms with Crippen molar-refractivity contribution < 1.29 is 0 Å². The van der Waals surface area contributed by atoms with Crippen LogP contribution in [0.4, 0.5) is 5.69 Å². The normalized spacial score (nSPS) is 9.91. The molecular weight excluding hydrogens is 146 g/mol. The molecule has 0 aliphatic heterocycles. The van der Waals surface area contributed by atoms with Crippen LogP contribution in [0.25, 0.3) is 0 Å². The SMILES string of the molecule is CCn1c(=O)[nH]cc(N)c1=O. The predicted molar refractivity (Wildman–Crippen MR) is 41.4 cm³/mol. The first-order valence-corrected chi connectivity index (χ1v) is 3.24. The maximum atomic E-state index is 11.0. The van der Waals surface area contributed by atoms with Crippen molar-refractivity contribution in [1.82, 2.24) is 9.55 Å². The van der Waals surface area contributed by atoms with Crippen LogP contribution in [0, 0.1) is 0 Å². The monoisotopic (exact) mass is 155 g/mol. The van der Waals surface area contributed by atoms with E-state index < -0.39 is 11.2 Å². The molecule has 0 amide bonds. The molecule has 1 rings (SSSR count). The van der Waals surface area contributed by atoms with E-state index in [4.69, 9.17) is 5.73 Å². The molecule has 0 spiro atoms. The minimum atomic E-state index is -0.434. The Kier molecular flexibility index (Phi) is 1.80.